The number of benzene rings is 2. The van der Waals surface area contributed by atoms with Gasteiger partial charge in [0.2, 0.25) is 5.75 Å². The van der Waals surface area contributed by atoms with Crippen molar-refractivity contribution < 1.29 is 28.5 Å². The summed E-state index contributed by atoms with van der Waals surface area (Å²) in [5.41, 5.74) is 3.36. The quantitative estimate of drug-likeness (QED) is 0.522. The minimum atomic E-state index is -0.956. The highest BCUT2D eigenvalue weighted by molar-refractivity contribution is 5.97. The first-order chi connectivity index (χ1) is 14.3. The number of nitrogens with one attached hydrogen (secondary N) is 1. The van der Waals surface area contributed by atoms with Crippen LogP contribution in [0.4, 0.5) is 5.69 Å². The number of rotatable bonds is 8. The van der Waals surface area contributed by atoms with Gasteiger partial charge in [-0.3, -0.25) is 4.79 Å². The van der Waals surface area contributed by atoms with Crippen molar-refractivity contribution in [2.75, 3.05) is 26.6 Å². The Bertz CT molecular complexity index is 926. The Balaban J connectivity index is 2.03. The topological polar surface area (TPSA) is 83.1 Å². The van der Waals surface area contributed by atoms with E-state index in [1.165, 1.54) is 34.3 Å². The molecule has 1 amide bonds. The van der Waals surface area contributed by atoms with E-state index in [1.807, 2.05) is 32.0 Å². The second kappa shape index (κ2) is 10.3. The van der Waals surface area contributed by atoms with Crippen LogP contribution in [0.2, 0.25) is 0 Å². The van der Waals surface area contributed by atoms with Gasteiger partial charge in [0.05, 0.1) is 21.3 Å². The number of methoxy groups -OCH3 is 3. The number of hydrogen-bond donors (Lipinski definition) is 1. The van der Waals surface area contributed by atoms with Crippen LogP contribution in [0.1, 0.15) is 23.6 Å². The third kappa shape index (κ3) is 5.76. The van der Waals surface area contributed by atoms with Crippen LogP contribution in [-0.2, 0) is 14.3 Å². The van der Waals surface area contributed by atoms with Crippen LogP contribution in [0.5, 0.6) is 17.2 Å². The molecule has 0 bridgehead atoms. The summed E-state index contributed by atoms with van der Waals surface area (Å²) < 4.78 is 21.0. The number of carbonyl (C=O) groups is 2. The van der Waals surface area contributed by atoms with Gasteiger partial charge < -0.3 is 24.3 Å². The Morgan fingerprint density at radius 3 is 2.13 bits per heavy atom. The van der Waals surface area contributed by atoms with Gasteiger partial charge in [-0.1, -0.05) is 17.7 Å². The van der Waals surface area contributed by atoms with Crippen LogP contribution in [0.25, 0.3) is 6.08 Å². The molecular formula is C23H27NO6. The first kappa shape index (κ1) is 22.8. The van der Waals surface area contributed by atoms with Crippen molar-refractivity contribution in [3.05, 3.63) is 53.1 Å². The van der Waals surface area contributed by atoms with Crippen LogP contribution in [0, 0.1) is 13.8 Å². The first-order valence-corrected chi connectivity index (χ1v) is 9.35. The molecule has 1 unspecified atom stereocenters. The lowest BCUT2D eigenvalue weighted by Gasteiger charge is -2.14. The maximum absolute atomic E-state index is 12.3. The third-order valence-corrected chi connectivity index (χ3v) is 4.40. The second-order valence-corrected chi connectivity index (χ2v) is 6.68. The van der Waals surface area contributed by atoms with Gasteiger partial charge in [-0.05, 0) is 56.2 Å². The zero-order valence-electron chi connectivity index (χ0n) is 18.1. The van der Waals surface area contributed by atoms with Crippen molar-refractivity contribution in [1.82, 2.24) is 0 Å². The van der Waals surface area contributed by atoms with Gasteiger partial charge in [-0.2, -0.15) is 0 Å². The first-order valence-electron chi connectivity index (χ1n) is 9.35. The van der Waals surface area contributed by atoms with E-state index in [0.717, 1.165) is 11.1 Å². The van der Waals surface area contributed by atoms with E-state index in [4.69, 9.17) is 18.9 Å². The van der Waals surface area contributed by atoms with Crippen molar-refractivity contribution in [3.63, 3.8) is 0 Å². The molecule has 0 saturated carbocycles. The van der Waals surface area contributed by atoms with E-state index in [9.17, 15) is 9.59 Å². The Morgan fingerprint density at radius 2 is 1.60 bits per heavy atom. The molecule has 0 radical (unpaired) electrons. The molecule has 0 aliphatic heterocycles. The molecule has 2 aromatic rings. The fourth-order valence-corrected chi connectivity index (χ4v) is 2.82. The number of esters is 1. The van der Waals surface area contributed by atoms with Crippen molar-refractivity contribution >= 4 is 23.6 Å². The fourth-order valence-electron chi connectivity index (χ4n) is 2.82. The molecule has 7 nitrogen and oxygen atoms in total. The molecule has 160 valence electrons. The molecule has 0 fully saturated rings. The van der Waals surface area contributed by atoms with Gasteiger partial charge in [0.1, 0.15) is 0 Å². The standard InChI is InChI=1S/C23H27NO6/c1-14-7-9-18(15(2)11-14)24-23(26)16(3)30-21(25)10-8-17-12-19(27-4)22(29-6)20(13-17)28-5/h7-13,16H,1-6H3,(H,24,26). The molecule has 1 N–H and O–H groups in total. The van der Waals surface area contributed by atoms with E-state index in [-0.39, 0.29) is 0 Å². The van der Waals surface area contributed by atoms with Crippen LogP contribution in [0.3, 0.4) is 0 Å². The SMILES string of the molecule is COc1cc(C=CC(=O)OC(C)C(=O)Nc2ccc(C)cc2C)cc(OC)c1OC. The summed E-state index contributed by atoms with van der Waals surface area (Å²) >= 11 is 0. The predicted octanol–water partition coefficient (Wildman–Crippen LogP) is 3.91. The third-order valence-electron chi connectivity index (χ3n) is 4.40. The smallest absolute Gasteiger partial charge is 0.331 e. The number of aryl methyl sites for hydroxylation is 2. The highest BCUT2D eigenvalue weighted by Crippen LogP contribution is 2.38. The maximum Gasteiger partial charge on any atom is 0.331 e. The van der Waals surface area contributed by atoms with Crippen LogP contribution in [-0.4, -0.2) is 39.3 Å². The van der Waals surface area contributed by atoms with Gasteiger partial charge in [0, 0.05) is 11.8 Å². The zero-order valence-corrected chi connectivity index (χ0v) is 18.1. The lowest BCUT2D eigenvalue weighted by Crippen LogP contribution is -2.29. The largest absolute Gasteiger partial charge is 0.493 e. The maximum atomic E-state index is 12.3. The molecule has 7 heteroatoms. The Morgan fingerprint density at radius 1 is 0.967 bits per heavy atom. The minimum absolute atomic E-state index is 0.406. The summed E-state index contributed by atoms with van der Waals surface area (Å²) in [6.07, 6.45) is 1.83. The average Bonchev–Trinajstić information content (AvgIpc) is 2.73. The van der Waals surface area contributed by atoms with Crippen LogP contribution < -0.4 is 19.5 Å². The molecule has 0 saturated heterocycles. The minimum Gasteiger partial charge on any atom is -0.493 e. The molecule has 0 aliphatic rings. The van der Waals surface area contributed by atoms with Crippen LogP contribution >= 0.6 is 0 Å². The normalized spacial score (nSPS) is 11.7. The van der Waals surface area contributed by atoms with Crippen molar-refractivity contribution in [1.29, 1.82) is 0 Å². The number of anilines is 1. The van der Waals surface area contributed by atoms with Gasteiger partial charge in [0.25, 0.3) is 5.91 Å². The number of hydrogen-bond acceptors (Lipinski definition) is 6. The van der Waals surface area contributed by atoms with E-state index in [2.05, 4.69) is 5.32 Å². The molecule has 0 spiro atoms. The summed E-state index contributed by atoms with van der Waals surface area (Å²) in [5.74, 6) is 0.331. The number of ether oxygens (including phenoxy) is 4. The second-order valence-electron chi connectivity index (χ2n) is 6.68. The molecule has 2 rings (SSSR count). The van der Waals surface area contributed by atoms with Crippen molar-refractivity contribution in [2.24, 2.45) is 0 Å². The van der Waals surface area contributed by atoms with E-state index < -0.39 is 18.0 Å². The molecule has 0 aromatic heterocycles. The molecule has 0 heterocycles. The lowest BCUT2D eigenvalue weighted by molar-refractivity contribution is -0.148. The highest BCUT2D eigenvalue weighted by atomic mass is 16.5. The molecule has 0 aliphatic carbocycles. The van der Waals surface area contributed by atoms with E-state index >= 15 is 0 Å². The molecule has 30 heavy (non-hydrogen) atoms. The van der Waals surface area contributed by atoms with E-state index in [1.54, 1.807) is 18.2 Å². The Labute approximate surface area is 176 Å². The fraction of sp³-hybridized carbons (Fsp3) is 0.304. The number of amides is 1. The highest BCUT2D eigenvalue weighted by Gasteiger charge is 2.18. The molecule has 2 aromatic carbocycles. The Hall–Kier alpha value is -3.48. The zero-order chi connectivity index (χ0) is 22.3. The van der Waals surface area contributed by atoms with Gasteiger partial charge in [-0.15, -0.1) is 0 Å². The monoisotopic (exact) mass is 413 g/mol. The Kier molecular flexibility index (Phi) is 7.86. The van der Waals surface area contributed by atoms with Gasteiger partial charge in [0.15, 0.2) is 17.6 Å². The van der Waals surface area contributed by atoms with Crippen molar-refractivity contribution in [3.8, 4) is 17.2 Å². The van der Waals surface area contributed by atoms with Gasteiger partial charge in [-0.25, -0.2) is 4.79 Å². The van der Waals surface area contributed by atoms with Gasteiger partial charge >= 0.3 is 5.97 Å². The summed E-state index contributed by atoms with van der Waals surface area (Å²) in [6.45, 7) is 5.40. The van der Waals surface area contributed by atoms with E-state index in [0.29, 0.717) is 28.5 Å². The van der Waals surface area contributed by atoms with Crippen molar-refractivity contribution in [2.45, 2.75) is 26.9 Å². The van der Waals surface area contributed by atoms with Crippen LogP contribution in [0.15, 0.2) is 36.4 Å². The summed E-state index contributed by atoms with van der Waals surface area (Å²) in [5, 5.41) is 2.77. The molecule has 1 atom stereocenters. The lowest BCUT2D eigenvalue weighted by atomic mass is 10.1. The number of carbonyl (C=O) groups excluding carboxylic acids is 2. The molecular weight excluding hydrogens is 386 g/mol. The predicted molar refractivity (Wildman–Crippen MR) is 115 cm³/mol. The average molecular weight is 413 g/mol. The summed E-state index contributed by atoms with van der Waals surface area (Å²) in [4.78, 5) is 24.5. The summed E-state index contributed by atoms with van der Waals surface area (Å²) in [7, 11) is 4.53. The summed E-state index contributed by atoms with van der Waals surface area (Å²) in [6, 6.07) is 9.08.